The molecule has 0 aromatic heterocycles. The molecule has 1 aliphatic rings. The molecule has 3 nitrogen and oxygen atoms in total. The number of esters is 1. The van der Waals surface area contributed by atoms with Crippen molar-refractivity contribution in [3.05, 3.63) is 71.2 Å². The molecule has 5 heteroatoms. The Labute approximate surface area is 164 Å². The SMILES string of the molecule is COC(=O)c1cc(Cl)ccc1-c1cccc2c1Oc1ccccc1[Si]2(C)C. The minimum absolute atomic E-state index is 0.419. The summed E-state index contributed by atoms with van der Waals surface area (Å²) < 4.78 is 11.3. The third-order valence-corrected chi connectivity index (χ3v) is 8.87. The topological polar surface area (TPSA) is 35.5 Å². The van der Waals surface area contributed by atoms with Crippen LogP contribution in [0.3, 0.4) is 0 Å². The number of rotatable bonds is 2. The summed E-state index contributed by atoms with van der Waals surface area (Å²) in [5, 5.41) is 2.98. The van der Waals surface area contributed by atoms with Crippen LogP contribution in [0.1, 0.15) is 10.4 Å². The Kier molecular flexibility index (Phi) is 4.33. The first-order valence-corrected chi connectivity index (χ1v) is 12.1. The van der Waals surface area contributed by atoms with Crippen molar-refractivity contribution in [2.75, 3.05) is 7.11 Å². The molecule has 136 valence electrons. The normalized spacial score (nSPS) is 13.9. The standard InChI is InChI=1S/C22H19ClO3Si/c1-25-22(24)17-13-14(23)11-12-15(17)16-7-6-10-20-21(16)26-18-8-4-5-9-19(18)27(20,2)3/h4-13H,1-3H3. The van der Waals surface area contributed by atoms with E-state index in [2.05, 4.69) is 31.3 Å². The molecule has 0 saturated carbocycles. The van der Waals surface area contributed by atoms with Gasteiger partial charge in [-0.25, -0.2) is 4.79 Å². The van der Waals surface area contributed by atoms with Crippen molar-refractivity contribution >= 4 is 36.0 Å². The lowest BCUT2D eigenvalue weighted by Gasteiger charge is -2.34. The zero-order valence-corrected chi connectivity index (χ0v) is 17.1. The predicted molar refractivity (Wildman–Crippen MR) is 111 cm³/mol. The number of benzene rings is 3. The summed E-state index contributed by atoms with van der Waals surface area (Å²) in [5.74, 6) is 1.29. The van der Waals surface area contributed by atoms with Crippen LogP contribution in [0.15, 0.2) is 60.7 Å². The van der Waals surface area contributed by atoms with Gasteiger partial charge in [-0.3, -0.25) is 0 Å². The van der Waals surface area contributed by atoms with E-state index in [4.69, 9.17) is 21.1 Å². The summed E-state index contributed by atoms with van der Waals surface area (Å²) >= 11 is 6.13. The Bertz CT molecular complexity index is 1060. The Morgan fingerprint density at radius 2 is 1.70 bits per heavy atom. The second-order valence-electron chi connectivity index (χ2n) is 7.09. The smallest absolute Gasteiger partial charge is 0.338 e. The zero-order valence-electron chi connectivity index (χ0n) is 15.4. The van der Waals surface area contributed by atoms with E-state index in [1.54, 1.807) is 12.1 Å². The van der Waals surface area contributed by atoms with Crippen LogP contribution in [0.5, 0.6) is 11.5 Å². The van der Waals surface area contributed by atoms with Gasteiger partial charge in [-0.1, -0.05) is 67.2 Å². The average molecular weight is 395 g/mol. The Morgan fingerprint density at radius 1 is 0.963 bits per heavy atom. The Morgan fingerprint density at radius 3 is 2.48 bits per heavy atom. The van der Waals surface area contributed by atoms with E-state index >= 15 is 0 Å². The second-order valence-corrected chi connectivity index (χ2v) is 11.9. The molecule has 0 spiro atoms. The fourth-order valence-electron chi connectivity index (χ4n) is 3.71. The van der Waals surface area contributed by atoms with Gasteiger partial charge in [-0.05, 0) is 34.1 Å². The van der Waals surface area contributed by atoms with Crippen LogP contribution < -0.4 is 15.1 Å². The van der Waals surface area contributed by atoms with Crippen molar-refractivity contribution in [2.24, 2.45) is 0 Å². The highest BCUT2D eigenvalue weighted by atomic mass is 35.5. The van der Waals surface area contributed by atoms with Crippen LogP contribution in [-0.4, -0.2) is 21.2 Å². The molecule has 0 aliphatic carbocycles. The van der Waals surface area contributed by atoms with Crippen molar-refractivity contribution in [2.45, 2.75) is 13.1 Å². The average Bonchev–Trinajstić information content (AvgIpc) is 2.67. The van der Waals surface area contributed by atoms with E-state index in [1.165, 1.54) is 17.5 Å². The van der Waals surface area contributed by atoms with Crippen LogP contribution in [-0.2, 0) is 4.74 Å². The quantitative estimate of drug-likeness (QED) is 0.466. The molecule has 0 amide bonds. The van der Waals surface area contributed by atoms with Crippen LogP contribution in [0, 0.1) is 0 Å². The maximum absolute atomic E-state index is 12.3. The minimum Gasteiger partial charge on any atom is -0.465 e. The summed E-state index contributed by atoms with van der Waals surface area (Å²) in [5.41, 5.74) is 2.06. The number of hydrogen-bond acceptors (Lipinski definition) is 3. The first kappa shape index (κ1) is 17.8. The van der Waals surface area contributed by atoms with Crippen LogP contribution in [0.2, 0.25) is 18.1 Å². The fourth-order valence-corrected chi connectivity index (χ4v) is 6.70. The molecule has 0 atom stereocenters. The first-order valence-electron chi connectivity index (χ1n) is 8.72. The molecule has 3 aromatic carbocycles. The molecule has 1 aliphatic heterocycles. The van der Waals surface area contributed by atoms with Gasteiger partial charge in [-0.2, -0.15) is 0 Å². The molecule has 0 radical (unpaired) electrons. The third-order valence-electron chi connectivity index (χ3n) is 5.14. The van der Waals surface area contributed by atoms with E-state index in [1.807, 2.05) is 30.3 Å². The molecule has 27 heavy (non-hydrogen) atoms. The van der Waals surface area contributed by atoms with E-state index in [-0.39, 0.29) is 0 Å². The van der Waals surface area contributed by atoms with Crippen molar-refractivity contribution in [3.8, 4) is 22.6 Å². The van der Waals surface area contributed by atoms with E-state index in [0.29, 0.717) is 10.6 Å². The molecule has 0 saturated heterocycles. The number of para-hydroxylation sites is 2. The molecule has 0 bridgehead atoms. The fraction of sp³-hybridized carbons (Fsp3) is 0.136. The van der Waals surface area contributed by atoms with Crippen molar-refractivity contribution < 1.29 is 14.3 Å². The zero-order chi connectivity index (χ0) is 19.2. The van der Waals surface area contributed by atoms with Gasteiger partial charge in [0.25, 0.3) is 0 Å². The van der Waals surface area contributed by atoms with Gasteiger partial charge in [0.05, 0.1) is 12.7 Å². The molecule has 0 fully saturated rings. The van der Waals surface area contributed by atoms with Crippen LogP contribution in [0.4, 0.5) is 0 Å². The summed E-state index contributed by atoms with van der Waals surface area (Å²) in [7, 11) is -0.556. The molecule has 4 rings (SSSR count). The minimum atomic E-state index is -1.93. The molecular formula is C22H19ClO3Si. The second kappa shape index (κ2) is 6.55. The highest BCUT2D eigenvalue weighted by Gasteiger charge is 2.37. The van der Waals surface area contributed by atoms with Gasteiger partial charge in [0, 0.05) is 10.6 Å². The third kappa shape index (κ3) is 2.85. The number of fused-ring (bicyclic) bond motifs is 2. The van der Waals surface area contributed by atoms with Gasteiger partial charge in [0.2, 0.25) is 0 Å². The summed E-state index contributed by atoms with van der Waals surface area (Å²) in [4.78, 5) is 12.3. The Balaban J connectivity index is 1.97. The molecule has 0 unspecified atom stereocenters. The summed E-state index contributed by atoms with van der Waals surface area (Å²) in [6.45, 7) is 4.64. The number of carbonyl (C=O) groups is 1. The van der Waals surface area contributed by atoms with Gasteiger partial charge < -0.3 is 9.47 Å². The summed E-state index contributed by atoms with van der Waals surface area (Å²) in [6, 6.07) is 19.6. The number of ether oxygens (including phenoxy) is 2. The van der Waals surface area contributed by atoms with Crippen LogP contribution >= 0.6 is 11.6 Å². The van der Waals surface area contributed by atoms with Gasteiger partial charge in [-0.15, -0.1) is 0 Å². The lowest BCUT2D eigenvalue weighted by Crippen LogP contribution is -2.56. The monoisotopic (exact) mass is 394 g/mol. The van der Waals surface area contributed by atoms with Gasteiger partial charge in [0.1, 0.15) is 19.6 Å². The molecule has 1 heterocycles. The molecule has 0 N–H and O–H groups in total. The highest BCUT2D eigenvalue weighted by Crippen LogP contribution is 2.38. The van der Waals surface area contributed by atoms with Crippen molar-refractivity contribution in [3.63, 3.8) is 0 Å². The van der Waals surface area contributed by atoms with Crippen LogP contribution in [0.25, 0.3) is 11.1 Å². The van der Waals surface area contributed by atoms with Gasteiger partial charge in [0.15, 0.2) is 0 Å². The van der Waals surface area contributed by atoms with E-state index < -0.39 is 14.0 Å². The van der Waals surface area contributed by atoms with Gasteiger partial charge >= 0.3 is 5.97 Å². The number of carbonyl (C=O) groups excluding carboxylic acids is 1. The van der Waals surface area contributed by atoms with E-state index in [0.717, 1.165) is 22.6 Å². The lowest BCUT2D eigenvalue weighted by molar-refractivity contribution is 0.0601. The molecular weight excluding hydrogens is 376 g/mol. The maximum atomic E-state index is 12.3. The van der Waals surface area contributed by atoms with E-state index in [9.17, 15) is 4.79 Å². The van der Waals surface area contributed by atoms with Crippen molar-refractivity contribution in [1.82, 2.24) is 0 Å². The largest absolute Gasteiger partial charge is 0.465 e. The summed E-state index contributed by atoms with van der Waals surface area (Å²) in [6.07, 6.45) is 0. The number of hydrogen-bond donors (Lipinski definition) is 0. The highest BCUT2D eigenvalue weighted by molar-refractivity contribution is 7.01. The lowest BCUT2D eigenvalue weighted by atomic mass is 9.98. The van der Waals surface area contributed by atoms with Crippen molar-refractivity contribution in [1.29, 1.82) is 0 Å². The number of methoxy groups -OCH3 is 1. The molecule has 3 aromatic rings. The predicted octanol–water partition coefficient (Wildman–Crippen LogP) is 4.72. The maximum Gasteiger partial charge on any atom is 0.338 e. The number of halogens is 1. The Hall–Kier alpha value is -2.56. The first-order chi connectivity index (χ1) is 12.9.